The Kier molecular flexibility index (Phi) is 3.75. The van der Waals surface area contributed by atoms with Crippen LogP contribution in [-0.2, 0) is 4.79 Å². The van der Waals surface area contributed by atoms with Gasteiger partial charge in [-0.05, 0) is 18.2 Å². The van der Waals surface area contributed by atoms with Gasteiger partial charge in [-0.2, -0.15) is 13.2 Å². The number of allylic oxidation sites excluding steroid dienone is 1. The number of hydrogen-bond acceptors (Lipinski definition) is 4. The van der Waals surface area contributed by atoms with Crippen molar-refractivity contribution in [1.82, 2.24) is 4.90 Å². The van der Waals surface area contributed by atoms with Crippen LogP contribution in [0.2, 0.25) is 5.02 Å². The minimum atomic E-state index is -4.70. The number of halogens is 4. The van der Waals surface area contributed by atoms with Crippen molar-refractivity contribution in [3.63, 3.8) is 0 Å². The monoisotopic (exact) mass is 359 g/mol. The molecule has 0 bridgehead atoms. The molecule has 1 N–H and O–H groups in total. The van der Waals surface area contributed by atoms with Gasteiger partial charge in [-0.25, -0.2) is 9.69 Å². The van der Waals surface area contributed by atoms with E-state index in [1.807, 2.05) is 0 Å². The number of guanidine groups is 1. The molecule has 2 aliphatic rings. The molecule has 0 fully saturated rings. The van der Waals surface area contributed by atoms with Crippen LogP contribution in [-0.4, -0.2) is 47.1 Å². The predicted octanol–water partition coefficient (Wildman–Crippen LogP) is 2.50. The molecule has 0 spiro atoms. The highest BCUT2D eigenvalue weighted by atomic mass is 35.5. The van der Waals surface area contributed by atoms with Crippen LogP contribution in [0, 0.1) is 0 Å². The van der Waals surface area contributed by atoms with E-state index in [0.29, 0.717) is 6.08 Å². The first kappa shape index (κ1) is 16.3. The van der Waals surface area contributed by atoms with E-state index < -0.39 is 23.7 Å². The average molecular weight is 360 g/mol. The number of alkyl halides is 3. The molecule has 2 aliphatic heterocycles. The van der Waals surface area contributed by atoms with Crippen LogP contribution in [0.3, 0.4) is 0 Å². The summed E-state index contributed by atoms with van der Waals surface area (Å²) in [6, 6.07) is 3.72. The Morgan fingerprint density at radius 2 is 2.04 bits per heavy atom. The molecule has 24 heavy (non-hydrogen) atoms. The van der Waals surface area contributed by atoms with Gasteiger partial charge in [0.05, 0.1) is 22.8 Å². The zero-order valence-corrected chi connectivity index (χ0v) is 12.6. The van der Waals surface area contributed by atoms with Gasteiger partial charge in [0, 0.05) is 12.6 Å². The fourth-order valence-corrected chi connectivity index (χ4v) is 2.71. The van der Waals surface area contributed by atoms with Crippen LogP contribution in [0.5, 0.6) is 0 Å². The van der Waals surface area contributed by atoms with Gasteiger partial charge in [0.15, 0.2) is 0 Å². The van der Waals surface area contributed by atoms with Crippen molar-refractivity contribution in [2.24, 2.45) is 4.99 Å². The molecule has 0 radical (unpaired) electrons. The zero-order valence-electron chi connectivity index (χ0n) is 11.8. The van der Waals surface area contributed by atoms with E-state index in [1.54, 1.807) is 0 Å². The van der Waals surface area contributed by atoms with Crippen LogP contribution < -0.4 is 4.90 Å². The van der Waals surface area contributed by atoms with Crippen LogP contribution in [0.15, 0.2) is 35.0 Å². The highest BCUT2D eigenvalue weighted by Crippen LogP contribution is 2.35. The maximum Gasteiger partial charge on any atom is 0.431 e. The Balaban J connectivity index is 2.10. The van der Waals surface area contributed by atoms with Crippen molar-refractivity contribution in [1.29, 1.82) is 0 Å². The molecule has 0 aromatic heterocycles. The largest absolute Gasteiger partial charge is 0.478 e. The molecule has 1 amide bonds. The van der Waals surface area contributed by atoms with Gasteiger partial charge in [-0.1, -0.05) is 11.6 Å². The van der Waals surface area contributed by atoms with Gasteiger partial charge in [0.2, 0.25) is 5.96 Å². The molecule has 3 rings (SSSR count). The molecule has 0 saturated carbocycles. The Hall–Kier alpha value is -2.55. The first-order chi connectivity index (χ1) is 11.2. The standard InChI is InChI=1S/C14H9ClF3N3O3/c15-9-2-1-7(5-8(9)12(23)24)21-11(22)6-10(14(16,17)18)20-4-3-19-13(20)21/h1-2,5-6H,3-4H2,(H,23,24). The van der Waals surface area contributed by atoms with Crippen LogP contribution in [0.1, 0.15) is 10.4 Å². The molecule has 10 heteroatoms. The Morgan fingerprint density at radius 3 is 2.67 bits per heavy atom. The third kappa shape index (κ3) is 2.60. The van der Waals surface area contributed by atoms with E-state index in [4.69, 9.17) is 16.7 Å². The Labute approximate surface area is 138 Å². The van der Waals surface area contributed by atoms with Gasteiger partial charge in [-0.15, -0.1) is 0 Å². The van der Waals surface area contributed by atoms with Crippen LogP contribution >= 0.6 is 11.6 Å². The summed E-state index contributed by atoms with van der Waals surface area (Å²) in [7, 11) is 0. The molecular weight excluding hydrogens is 351 g/mol. The first-order valence-corrected chi connectivity index (χ1v) is 7.06. The molecule has 1 aromatic rings. The highest BCUT2D eigenvalue weighted by molar-refractivity contribution is 6.34. The number of carboxylic acid groups (broad SMARTS) is 1. The zero-order chi connectivity index (χ0) is 17.6. The van der Waals surface area contributed by atoms with Gasteiger partial charge < -0.3 is 10.0 Å². The molecule has 126 valence electrons. The van der Waals surface area contributed by atoms with E-state index in [9.17, 15) is 22.8 Å². The smallest absolute Gasteiger partial charge is 0.431 e. The summed E-state index contributed by atoms with van der Waals surface area (Å²) < 4.78 is 39.2. The first-order valence-electron chi connectivity index (χ1n) is 6.68. The summed E-state index contributed by atoms with van der Waals surface area (Å²) in [5.74, 6) is -2.46. The van der Waals surface area contributed by atoms with Crippen molar-refractivity contribution in [3.05, 3.63) is 40.6 Å². The summed E-state index contributed by atoms with van der Waals surface area (Å²) >= 11 is 5.78. The molecule has 2 heterocycles. The third-order valence-electron chi connectivity index (χ3n) is 3.52. The number of aliphatic imine (C=N–C) groups is 1. The second kappa shape index (κ2) is 5.52. The lowest BCUT2D eigenvalue weighted by molar-refractivity contribution is -0.119. The number of carboxylic acids is 1. The second-order valence-electron chi connectivity index (χ2n) is 5.00. The minimum absolute atomic E-state index is 0.0240. The van der Waals surface area contributed by atoms with E-state index in [1.165, 1.54) is 12.1 Å². The number of carbonyl (C=O) groups excluding carboxylic acids is 1. The number of fused-ring (bicyclic) bond motifs is 1. The Bertz CT molecular complexity index is 804. The number of amides is 1. The van der Waals surface area contributed by atoms with Crippen LogP contribution in [0.4, 0.5) is 18.9 Å². The molecule has 0 aliphatic carbocycles. The highest BCUT2D eigenvalue weighted by Gasteiger charge is 2.46. The maximum atomic E-state index is 13.1. The van der Waals surface area contributed by atoms with E-state index in [0.717, 1.165) is 15.9 Å². The molecular formula is C14H9ClF3N3O3. The quantitative estimate of drug-likeness (QED) is 0.880. The van der Waals surface area contributed by atoms with Gasteiger partial charge in [-0.3, -0.25) is 9.79 Å². The summed E-state index contributed by atoms with van der Waals surface area (Å²) in [6.45, 7) is 0.0652. The van der Waals surface area contributed by atoms with Crippen molar-refractivity contribution in [2.75, 3.05) is 18.0 Å². The average Bonchev–Trinajstić information content (AvgIpc) is 2.95. The van der Waals surface area contributed by atoms with Crippen molar-refractivity contribution in [3.8, 4) is 0 Å². The molecule has 1 aromatic carbocycles. The van der Waals surface area contributed by atoms with E-state index in [2.05, 4.69) is 4.99 Å². The number of rotatable bonds is 2. The SMILES string of the molecule is O=C(O)c1cc(N2C(=O)C=C(C(F)(F)F)N3CCN=C32)ccc1Cl. The molecule has 0 saturated heterocycles. The molecule has 0 atom stereocenters. The van der Waals surface area contributed by atoms with Gasteiger partial charge >= 0.3 is 12.1 Å². The fourth-order valence-electron chi connectivity index (χ4n) is 2.51. The van der Waals surface area contributed by atoms with Crippen LogP contribution in [0.25, 0.3) is 0 Å². The van der Waals surface area contributed by atoms with Crippen molar-refractivity contribution < 1.29 is 27.9 Å². The van der Waals surface area contributed by atoms with Gasteiger partial charge in [0.1, 0.15) is 5.70 Å². The number of benzene rings is 1. The lowest BCUT2D eigenvalue weighted by atomic mass is 10.1. The van der Waals surface area contributed by atoms with E-state index in [-0.39, 0.29) is 35.3 Å². The number of carbonyl (C=O) groups is 2. The second-order valence-corrected chi connectivity index (χ2v) is 5.41. The fraction of sp³-hybridized carbons (Fsp3) is 0.214. The predicted molar refractivity (Wildman–Crippen MR) is 79.0 cm³/mol. The summed E-state index contributed by atoms with van der Waals surface area (Å²) in [5.41, 5.74) is -1.28. The number of anilines is 1. The Morgan fingerprint density at radius 1 is 1.33 bits per heavy atom. The third-order valence-corrected chi connectivity index (χ3v) is 3.85. The lowest BCUT2D eigenvalue weighted by Crippen LogP contribution is -2.51. The molecule has 0 unspecified atom stereocenters. The van der Waals surface area contributed by atoms with Gasteiger partial charge in [0.25, 0.3) is 5.91 Å². The minimum Gasteiger partial charge on any atom is -0.478 e. The number of hydrogen-bond donors (Lipinski definition) is 1. The van der Waals surface area contributed by atoms with E-state index >= 15 is 0 Å². The number of aromatic carboxylic acids is 1. The number of nitrogens with zero attached hydrogens (tertiary/aromatic N) is 3. The molecule has 6 nitrogen and oxygen atoms in total. The lowest BCUT2D eigenvalue weighted by Gasteiger charge is -2.35. The summed E-state index contributed by atoms with van der Waals surface area (Å²) in [4.78, 5) is 29.2. The summed E-state index contributed by atoms with van der Waals surface area (Å²) in [5, 5.41) is 9.05. The summed E-state index contributed by atoms with van der Waals surface area (Å²) in [6.07, 6.45) is -4.22. The topological polar surface area (TPSA) is 73.2 Å². The van der Waals surface area contributed by atoms with Crippen molar-refractivity contribution >= 4 is 35.1 Å². The normalized spacial score (nSPS) is 17.6. The maximum absolute atomic E-state index is 13.1. The van der Waals surface area contributed by atoms with Crippen molar-refractivity contribution in [2.45, 2.75) is 6.18 Å².